The zero-order valence-electron chi connectivity index (χ0n) is 16.8. The van der Waals surface area contributed by atoms with Crippen molar-refractivity contribution in [3.05, 3.63) is 16.0 Å². The Kier molecular flexibility index (Phi) is 7.03. The number of esters is 2. The van der Waals surface area contributed by atoms with Gasteiger partial charge in [0.25, 0.3) is 0 Å². The Morgan fingerprint density at radius 1 is 1.26 bits per heavy atom. The number of ether oxygens (including phenoxy) is 2. The number of rotatable bonds is 7. The maximum absolute atomic E-state index is 12.5. The number of thiophene rings is 1. The van der Waals surface area contributed by atoms with Gasteiger partial charge in [0, 0.05) is 4.88 Å². The Morgan fingerprint density at radius 3 is 2.56 bits per heavy atom. The summed E-state index contributed by atoms with van der Waals surface area (Å²) in [6.45, 7) is 8.78. The molecule has 0 aliphatic heterocycles. The van der Waals surface area contributed by atoms with Crippen LogP contribution in [-0.2, 0) is 31.9 Å². The number of fused-ring (bicyclic) bond motifs is 1. The van der Waals surface area contributed by atoms with E-state index in [4.69, 9.17) is 4.74 Å². The van der Waals surface area contributed by atoms with Crippen molar-refractivity contribution < 1.29 is 23.9 Å². The van der Waals surface area contributed by atoms with Crippen LogP contribution < -0.4 is 5.32 Å². The fraction of sp³-hybridized carbons (Fsp3) is 0.650. The van der Waals surface area contributed by atoms with Crippen LogP contribution in [-0.4, -0.2) is 31.6 Å². The van der Waals surface area contributed by atoms with Crippen LogP contribution in [0.2, 0.25) is 0 Å². The van der Waals surface area contributed by atoms with Crippen LogP contribution in [0.4, 0.5) is 5.00 Å². The first-order chi connectivity index (χ1) is 12.7. The lowest BCUT2D eigenvalue weighted by Gasteiger charge is -2.36. The molecule has 0 unspecified atom stereocenters. The number of carbonyl (C=O) groups is 3. The van der Waals surface area contributed by atoms with Gasteiger partial charge in [-0.25, -0.2) is 4.79 Å². The molecule has 1 aliphatic rings. The van der Waals surface area contributed by atoms with Gasteiger partial charge in [0.2, 0.25) is 5.91 Å². The fourth-order valence-corrected chi connectivity index (χ4v) is 4.75. The average Bonchev–Trinajstić information content (AvgIpc) is 2.98. The van der Waals surface area contributed by atoms with Crippen molar-refractivity contribution in [1.29, 1.82) is 0 Å². The average molecular weight is 396 g/mol. The van der Waals surface area contributed by atoms with Crippen molar-refractivity contribution in [1.82, 2.24) is 0 Å². The van der Waals surface area contributed by atoms with E-state index in [9.17, 15) is 14.4 Å². The summed E-state index contributed by atoms with van der Waals surface area (Å²) in [6.07, 6.45) is 3.40. The summed E-state index contributed by atoms with van der Waals surface area (Å²) in [5, 5.41) is 3.19. The number of hydrogen-bond acceptors (Lipinski definition) is 6. The molecule has 0 saturated carbocycles. The molecule has 7 heteroatoms. The van der Waals surface area contributed by atoms with E-state index in [-0.39, 0.29) is 18.4 Å². The Balaban J connectivity index is 2.33. The zero-order valence-corrected chi connectivity index (χ0v) is 17.6. The normalized spacial score (nSPS) is 16.4. The topological polar surface area (TPSA) is 81.7 Å². The fourth-order valence-electron chi connectivity index (χ4n) is 3.42. The smallest absolute Gasteiger partial charge is 0.341 e. The van der Waals surface area contributed by atoms with Crippen molar-refractivity contribution in [2.75, 3.05) is 19.0 Å². The maximum atomic E-state index is 12.5. The molecular weight excluding hydrogens is 366 g/mol. The van der Waals surface area contributed by atoms with Crippen LogP contribution in [0.3, 0.4) is 0 Å². The summed E-state index contributed by atoms with van der Waals surface area (Å²) >= 11 is 1.42. The summed E-state index contributed by atoms with van der Waals surface area (Å²) in [4.78, 5) is 37.1. The highest BCUT2D eigenvalue weighted by molar-refractivity contribution is 7.17. The molecule has 27 heavy (non-hydrogen) atoms. The number of carbonyl (C=O) groups excluding carboxylic acids is 3. The molecule has 6 nitrogen and oxygen atoms in total. The second-order valence-electron chi connectivity index (χ2n) is 7.51. The summed E-state index contributed by atoms with van der Waals surface area (Å²) in [5.74, 6) is -0.994. The summed E-state index contributed by atoms with van der Waals surface area (Å²) in [6, 6.07) is 0. The predicted molar refractivity (Wildman–Crippen MR) is 105 cm³/mol. The third kappa shape index (κ3) is 4.89. The molecule has 0 aromatic carbocycles. The molecule has 1 aromatic rings. The van der Waals surface area contributed by atoms with Crippen molar-refractivity contribution in [2.45, 2.75) is 59.8 Å². The minimum absolute atomic E-state index is 0.222. The quantitative estimate of drug-likeness (QED) is 0.558. The van der Waals surface area contributed by atoms with Gasteiger partial charge in [-0.1, -0.05) is 27.2 Å². The van der Waals surface area contributed by atoms with Crippen LogP contribution >= 0.6 is 11.3 Å². The molecule has 0 bridgehead atoms. The number of hydrogen-bond donors (Lipinski definition) is 1. The Morgan fingerprint density at radius 2 is 1.96 bits per heavy atom. The van der Waals surface area contributed by atoms with Crippen LogP contribution in [0.5, 0.6) is 0 Å². The SMILES string of the molecule is CCOC(=O)c1c(NC(=O)CC(=O)OC)sc2c1CC[C@H](C(C)(C)CC)C2. The van der Waals surface area contributed by atoms with Crippen LogP contribution in [0.15, 0.2) is 0 Å². The second-order valence-corrected chi connectivity index (χ2v) is 8.62. The first-order valence-corrected chi connectivity index (χ1v) is 10.2. The molecular formula is C20H29NO5S. The Labute approximate surface area is 164 Å². The molecule has 150 valence electrons. The van der Waals surface area contributed by atoms with Crippen LogP contribution in [0.25, 0.3) is 0 Å². The standard InChI is InChI=1S/C20H29NO5S/c1-6-20(3,4)12-8-9-13-14(10-12)27-18(17(13)19(24)26-7-2)21-15(22)11-16(23)25-5/h12H,6-11H2,1-5H3,(H,21,22)/t12-/m0/s1. The number of anilines is 1. The molecule has 1 aliphatic carbocycles. The molecule has 1 amide bonds. The van der Waals surface area contributed by atoms with Crippen molar-refractivity contribution in [3.63, 3.8) is 0 Å². The van der Waals surface area contributed by atoms with Crippen molar-refractivity contribution in [3.8, 4) is 0 Å². The Hall–Kier alpha value is -1.89. The minimum Gasteiger partial charge on any atom is -0.469 e. The molecule has 1 atom stereocenters. The molecule has 0 radical (unpaired) electrons. The molecule has 1 heterocycles. The monoisotopic (exact) mass is 395 g/mol. The molecule has 1 N–H and O–H groups in total. The largest absolute Gasteiger partial charge is 0.469 e. The van der Waals surface area contributed by atoms with Crippen molar-refractivity contribution in [2.24, 2.45) is 11.3 Å². The van der Waals surface area contributed by atoms with Crippen LogP contribution in [0, 0.1) is 11.3 Å². The first kappa shape index (κ1) is 21.4. The minimum atomic E-state index is -0.615. The van der Waals surface area contributed by atoms with Gasteiger partial charge in [0.1, 0.15) is 11.4 Å². The number of amides is 1. The Bertz CT molecular complexity index is 722. The van der Waals surface area contributed by atoms with Gasteiger partial charge in [-0.15, -0.1) is 11.3 Å². The summed E-state index contributed by atoms with van der Waals surface area (Å²) in [7, 11) is 1.24. The highest BCUT2D eigenvalue weighted by Gasteiger charge is 2.35. The van der Waals surface area contributed by atoms with Gasteiger partial charge in [0.15, 0.2) is 0 Å². The van der Waals surface area contributed by atoms with Crippen molar-refractivity contribution >= 4 is 34.2 Å². The predicted octanol–water partition coefficient (Wildman–Crippen LogP) is 3.97. The zero-order chi connectivity index (χ0) is 20.2. The maximum Gasteiger partial charge on any atom is 0.341 e. The van der Waals surface area contributed by atoms with E-state index in [1.54, 1.807) is 6.92 Å². The first-order valence-electron chi connectivity index (χ1n) is 9.41. The van der Waals surface area contributed by atoms with Gasteiger partial charge in [0.05, 0.1) is 19.3 Å². The van der Waals surface area contributed by atoms with E-state index >= 15 is 0 Å². The third-order valence-corrected chi connectivity index (χ3v) is 6.72. The highest BCUT2D eigenvalue weighted by atomic mass is 32.1. The van der Waals surface area contributed by atoms with E-state index in [2.05, 4.69) is 30.8 Å². The van der Waals surface area contributed by atoms with E-state index in [1.165, 1.54) is 18.4 Å². The lowest BCUT2D eigenvalue weighted by Crippen LogP contribution is -2.28. The number of methoxy groups -OCH3 is 1. The molecule has 0 fully saturated rings. The van der Waals surface area contributed by atoms with E-state index in [0.717, 1.165) is 36.1 Å². The molecule has 0 saturated heterocycles. The van der Waals surface area contributed by atoms with E-state index in [1.807, 2.05) is 0 Å². The molecule has 0 spiro atoms. The molecule has 1 aromatic heterocycles. The summed E-state index contributed by atoms with van der Waals surface area (Å²) < 4.78 is 9.75. The second kappa shape index (κ2) is 8.87. The third-order valence-electron chi connectivity index (χ3n) is 5.55. The van der Waals surface area contributed by atoms with E-state index < -0.39 is 17.8 Å². The van der Waals surface area contributed by atoms with Gasteiger partial charge in [-0.05, 0) is 43.1 Å². The van der Waals surface area contributed by atoms with Gasteiger partial charge >= 0.3 is 11.9 Å². The van der Waals surface area contributed by atoms with Crippen LogP contribution in [0.1, 0.15) is 67.8 Å². The highest BCUT2D eigenvalue weighted by Crippen LogP contribution is 2.45. The number of nitrogens with one attached hydrogen (secondary N) is 1. The van der Waals surface area contributed by atoms with Gasteiger partial charge in [-0.2, -0.15) is 0 Å². The lowest BCUT2D eigenvalue weighted by atomic mass is 9.69. The van der Waals surface area contributed by atoms with E-state index in [0.29, 0.717) is 16.5 Å². The lowest BCUT2D eigenvalue weighted by molar-refractivity contribution is -0.142. The van der Waals surface area contributed by atoms with Gasteiger partial charge < -0.3 is 14.8 Å². The summed E-state index contributed by atoms with van der Waals surface area (Å²) in [5.41, 5.74) is 1.65. The van der Waals surface area contributed by atoms with Gasteiger partial charge in [-0.3, -0.25) is 9.59 Å². The molecule has 2 rings (SSSR count).